The van der Waals surface area contributed by atoms with E-state index in [1.54, 1.807) is 10.7 Å². The summed E-state index contributed by atoms with van der Waals surface area (Å²) in [5, 5.41) is 21.6. The summed E-state index contributed by atoms with van der Waals surface area (Å²) in [5.41, 5.74) is 3.74. The first kappa shape index (κ1) is 14.8. The average Bonchev–Trinajstić information content (AvgIpc) is 2.57. The van der Waals surface area contributed by atoms with E-state index in [9.17, 15) is 5.11 Å². The molecule has 0 aliphatic heterocycles. The fourth-order valence-electron chi connectivity index (χ4n) is 1.69. The molecule has 0 bridgehead atoms. The number of aromatic hydroxyl groups is 1. The molecule has 0 amide bonds. The van der Waals surface area contributed by atoms with Crippen LogP contribution in [0.4, 0.5) is 0 Å². The molecule has 0 fully saturated rings. The highest BCUT2D eigenvalue weighted by Gasteiger charge is 2.07. The van der Waals surface area contributed by atoms with Crippen LogP contribution in [0.25, 0.3) is 5.69 Å². The number of carboxylic acid groups (broad SMARTS) is 1. The number of carboxylic acids is 1. The molecule has 102 valence electrons. The predicted octanol–water partition coefficient (Wildman–Crippen LogP) is 2.59. The topological polar surface area (TPSA) is 75.3 Å². The number of hydrogen-bond acceptors (Lipinski definition) is 3. The molecule has 0 saturated heterocycles. The molecule has 19 heavy (non-hydrogen) atoms. The Hall–Kier alpha value is -2.30. The zero-order chi connectivity index (χ0) is 14.6. The second-order valence-corrected chi connectivity index (χ2v) is 4.35. The molecule has 5 heteroatoms. The maximum Gasteiger partial charge on any atom is 0.300 e. The lowest BCUT2D eigenvalue weighted by atomic mass is 10.2. The van der Waals surface area contributed by atoms with Crippen LogP contribution in [0, 0.1) is 20.8 Å². The summed E-state index contributed by atoms with van der Waals surface area (Å²) in [6.07, 6.45) is 0. The number of phenols is 1. The van der Waals surface area contributed by atoms with E-state index in [4.69, 9.17) is 9.90 Å². The number of rotatable bonds is 1. The van der Waals surface area contributed by atoms with Gasteiger partial charge in [0.15, 0.2) is 0 Å². The van der Waals surface area contributed by atoms with Gasteiger partial charge in [-0.25, -0.2) is 4.68 Å². The number of benzene rings is 1. The highest BCUT2D eigenvalue weighted by atomic mass is 16.4. The van der Waals surface area contributed by atoms with Gasteiger partial charge in [0.2, 0.25) is 0 Å². The first-order valence-electron chi connectivity index (χ1n) is 5.84. The lowest BCUT2D eigenvalue weighted by molar-refractivity contribution is -0.134. The normalized spacial score (nSPS) is 9.68. The van der Waals surface area contributed by atoms with E-state index >= 15 is 0 Å². The Labute approximate surface area is 112 Å². The van der Waals surface area contributed by atoms with Gasteiger partial charge in [-0.05, 0) is 44.5 Å². The minimum atomic E-state index is -0.833. The lowest BCUT2D eigenvalue weighted by Crippen LogP contribution is -1.99. The van der Waals surface area contributed by atoms with Gasteiger partial charge in [0.05, 0.1) is 5.69 Å². The number of aliphatic carboxylic acids is 1. The zero-order valence-electron chi connectivity index (χ0n) is 11.5. The molecule has 0 unspecified atom stereocenters. The highest BCUT2D eigenvalue weighted by molar-refractivity contribution is 5.62. The van der Waals surface area contributed by atoms with Gasteiger partial charge in [-0.3, -0.25) is 4.79 Å². The number of hydrogen-bond donors (Lipinski definition) is 2. The fourth-order valence-corrected chi connectivity index (χ4v) is 1.69. The molecule has 2 N–H and O–H groups in total. The second kappa shape index (κ2) is 6.04. The van der Waals surface area contributed by atoms with E-state index in [1.165, 1.54) is 0 Å². The quantitative estimate of drug-likeness (QED) is 0.828. The SMILES string of the molecule is CC(=O)O.Cc1ccc(-n2nc(C)cc2C)c(O)c1. The molecule has 0 aliphatic carbocycles. The van der Waals surface area contributed by atoms with Crippen molar-refractivity contribution in [2.45, 2.75) is 27.7 Å². The molecule has 0 atom stereocenters. The van der Waals surface area contributed by atoms with Crippen LogP contribution in [-0.2, 0) is 4.79 Å². The van der Waals surface area contributed by atoms with E-state index in [-0.39, 0.29) is 5.75 Å². The predicted molar refractivity (Wildman–Crippen MR) is 72.7 cm³/mol. The Morgan fingerprint density at radius 1 is 1.21 bits per heavy atom. The van der Waals surface area contributed by atoms with Gasteiger partial charge in [0.1, 0.15) is 11.4 Å². The van der Waals surface area contributed by atoms with Crippen LogP contribution in [0.1, 0.15) is 23.9 Å². The molecular weight excluding hydrogens is 244 g/mol. The third-order valence-corrected chi connectivity index (χ3v) is 2.37. The lowest BCUT2D eigenvalue weighted by Gasteiger charge is -2.07. The molecule has 2 rings (SSSR count). The van der Waals surface area contributed by atoms with Crippen molar-refractivity contribution in [3.63, 3.8) is 0 Å². The van der Waals surface area contributed by atoms with E-state index in [0.29, 0.717) is 0 Å². The van der Waals surface area contributed by atoms with Gasteiger partial charge in [-0.15, -0.1) is 0 Å². The van der Waals surface area contributed by atoms with E-state index in [2.05, 4.69) is 5.10 Å². The molecule has 0 radical (unpaired) electrons. The summed E-state index contributed by atoms with van der Waals surface area (Å²) >= 11 is 0. The number of nitrogens with zero attached hydrogens (tertiary/aromatic N) is 2. The number of carbonyl (C=O) groups is 1. The summed E-state index contributed by atoms with van der Waals surface area (Å²) in [4.78, 5) is 9.00. The summed E-state index contributed by atoms with van der Waals surface area (Å²) in [6.45, 7) is 6.94. The first-order chi connectivity index (χ1) is 8.81. The minimum Gasteiger partial charge on any atom is -0.506 e. The third-order valence-electron chi connectivity index (χ3n) is 2.37. The summed E-state index contributed by atoms with van der Waals surface area (Å²) in [5.74, 6) is -0.568. The van der Waals surface area contributed by atoms with E-state index in [0.717, 1.165) is 29.6 Å². The van der Waals surface area contributed by atoms with Crippen molar-refractivity contribution >= 4 is 5.97 Å². The van der Waals surface area contributed by atoms with Gasteiger partial charge in [-0.2, -0.15) is 5.10 Å². The van der Waals surface area contributed by atoms with Crippen LogP contribution in [0.2, 0.25) is 0 Å². The maximum absolute atomic E-state index is 9.82. The minimum absolute atomic E-state index is 0.265. The smallest absolute Gasteiger partial charge is 0.300 e. The third kappa shape index (κ3) is 4.13. The maximum atomic E-state index is 9.82. The van der Waals surface area contributed by atoms with Crippen LogP contribution in [0.3, 0.4) is 0 Å². The van der Waals surface area contributed by atoms with Gasteiger partial charge in [0.25, 0.3) is 5.97 Å². The Morgan fingerprint density at radius 2 is 1.79 bits per heavy atom. The number of aryl methyl sites for hydroxylation is 3. The summed E-state index contributed by atoms with van der Waals surface area (Å²) in [6, 6.07) is 7.57. The molecule has 1 aromatic heterocycles. The molecule has 2 aromatic rings. The van der Waals surface area contributed by atoms with Gasteiger partial charge < -0.3 is 10.2 Å². The second-order valence-electron chi connectivity index (χ2n) is 4.35. The Morgan fingerprint density at radius 3 is 2.21 bits per heavy atom. The van der Waals surface area contributed by atoms with Crippen molar-refractivity contribution in [2.75, 3.05) is 0 Å². The Bertz CT molecular complexity index is 584. The van der Waals surface area contributed by atoms with Gasteiger partial charge in [0, 0.05) is 12.6 Å². The van der Waals surface area contributed by atoms with Crippen LogP contribution in [0.5, 0.6) is 5.75 Å². The summed E-state index contributed by atoms with van der Waals surface area (Å²) in [7, 11) is 0. The van der Waals surface area contributed by atoms with Crippen molar-refractivity contribution in [2.24, 2.45) is 0 Å². The van der Waals surface area contributed by atoms with Crippen LogP contribution < -0.4 is 0 Å². The number of aromatic nitrogens is 2. The van der Waals surface area contributed by atoms with Gasteiger partial charge in [-0.1, -0.05) is 6.07 Å². The largest absolute Gasteiger partial charge is 0.506 e. The molecule has 5 nitrogen and oxygen atoms in total. The van der Waals surface area contributed by atoms with E-state index in [1.807, 2.05) is 39.0 Å². The first-order valence-corrected chi connectivity index (χ1v) is 5.84. The Kier molecular flexibility index (Phi) is 4.69. The number of phenolic OH excluding ortho intramolecular Hbond substituents is 1. The van der Waals surface area contributed by atoms with Crippen LogP contribution >= 0.6 is 0 Å². The van der Waals surface area contributed by atoms with Crippen molar-refractivity contribution in [3.8, 4) is 11.4 Å². The summed E-state index contributed by atoms with van der Waals surface area (Å²) < 4.78 is 1.75. The van der Waals surface area contributed by atoms with Crippen LogP contribution in [-0.4, -0.2) is 26.0 Å². The molecule has 0 spiro atoms. The molecule has 1 aromatic carbocycles. The zero-order valence-corrected chi connectivity index (χ0v) is 11.5. The van der Waals surface area contributed by atoms with Crippen molar-refractivity contribution in [3.05, 3.63) is 41.2 Å². The van der Waals surface area contributed by atoms with Gasteiger partial charge >= 0.3 is 0 Å². The fraction of sp³-hybridized carbons (Fsp3) is 0.286. The van der Waals surface area contributed by atoms with Crippen molar-refractivity contribution < 1.29 is 15.0 Å². The van der Waals surface area contributed by atoms with Crippen molar-refractivity contribution in [1.29, 1.82) is 0 Å². The van der Waals surface area contributed by atoms with Crippen molar-refractivity contribution in [1.82, 2.24) is 9.78 Å². The Balaban J connectivity index is 0.000000399. The molecule has 0 aliphatic rings. The van der Waals surface area contributed by atoms with E-state index < -0.39 is 5.97 Å². The monoisotopic (exact) mass is 262 g/mol. The van der Waals surface area contributed by atoms with Crippen LogP contribution in [0.15, 0.2) is 24.3 Å². The highest BCUT2D eigenvalue weighted by Crippen LogP contribution is 2.23. The standard InChI is InChI=1S/C12H14N2O.C2H4O2/c1-8-4-5-11(12(15)6-8)14-10(3)7-9(2)13-14;1-2(3)4/h4-7,15H,1-3H3;1H3,(H,3,4). The molecular formula is C14H18N2O3. The molecule has 0 saturated carbocycles. The molecule has 1 heterocycles. The average molecular weight is 262 g/mol.